The maximum atomic E-state index is 6.48. The van der Waals surface area contributed by atoms with Crippen LogP contribution in [0.5, 0.6) is 0 Å². The van der Waals surface area contributed by atoms with Crippen molar-refractivity contribution in [3.05, 3.63) is 127 Å². The van der Waals surface area contributed by atoms with Crippen LogP contribution >= 0.6 is 11.8 Å². The predicted octanol–water partition coefficient (Wildman–Crippen LogP) is 10.1. The molecule has 5 heteroatoms. The maximum Gasteiger partial charge on any atom is 0.164 e. The molecule has 0 aliphatic carbocycles. The second-order valence-corrected chi connectivity index (χ2v) is 11.5. The van der Waals surface area contributed by atoms with Gasteiger partial charge in [0.2, 0.25) is 0 Å². The van der Waals surface area contributed by atoms with Crippen molar-refractivity contribution in [2.75, 3.05) is 0 Å². The molecule has 196 valence electrons. The summed E-state index contributed by atoms with van der Waals surface area (Å²) < 4.78 is 6.48. The molecule has 3 heterocycles. The van der Waals surface area contributed by atoms with Gasteiger partial charge in [-0.25, -0.2) is 15.0 Å². The smallest absolute Gasteiger partial charge is 0.164 e. The Labute approximate surface area is 245 Å². The van der Waals surface area contributed by atoms with Crippen molar-refractivity contribution < 1.29 is 4.42 Å². The van der Waals surface area contributed by atoms with E-state index >= 15 is 0 Å². The first kappa shape index (κ1) is 23.4. The second-order valence-electron chi connectivity index (χ2n) is 10.4. The number of nitrogens with zero attached hydrogens (tertiary/aromatic N) is 3. The Morgan fingerprint density at radius 2 is 1.10 bits per heavy atom. The monoisotopic (exact) mass is 555 g/mol. The average Bonchev–Trinajstić information content (AvgIpc) is 3.45. The third kappa shape index (κ3) is 3.60. The van der Waals surface area contributed by atoms with Crippen LogP contribution in [-0.4, -0.2) is 15.0 Å². The summed E-state index contributed by atoms with van der Waals surface area (Å²) in [7, 11) is 0. The minimum absolute atomic E-state index is 0.636. The molecule has 0 saturated heterocycles. The van der Waals surface area contributed by atoms with E-state index in [1.54, 1.807) is 0 Å². The second kappa shape index (κ2) is 9.13. The minimum Gasteiger partial charge on any atom is -0.456 e. The summed E-state index contributed by atoms with van der Waals surface area (Å²) in [6.07, 6.45) is 0. The van der Waals surface area contributed by atoms with Crippen LogP contribution < -0.4 is 0 Å². The van der Waals surface area contributed by atoms with Crippen molar-refractivity contribution >= 4 is 44.5 Å². The van der Waals surface area contributed by atoms with E-state index in [2.05, 4.69) is 60.7 Å². The van der Waals surface area contributed by atoms with Crippen LogP contribution in [0.2, 0.25) is 0 Å². The van der Waals surface area contributed by atoms with Gasteiger partial charge in [0.25, 0.3) is 0 Å². The Morgan fingerprint density at radius 1 is 0.429 bits per heavy atom. The fraction of sp³-hybridized carbons (Fsp3) is 0. The van der Waals surface area contributed by atoms with Gasteiger partial charge in [-0.15, -0.1) is 0 Å². The molecule has 4 nitrogen and oxygen atoms in total. The van der Waals surface area contributed by atoms with Crippen LogP contribution in [0.25, 0.3) is 78.0 Å². The zero-order valence-electron chi connectivity index (χ0n) is 22.3. The number of hydrogen-bond donors (Lipinski definition) is 0. The maximum absolute atomic E-state index is 6.48. The molecule has 0 amide bonds. The standard InChI is InChI=1S/C37H21N3OS/c1-3-10-23(11-4-1)35-38-36(24-12-5-2-6-13-24)40-37(39-35)27-16-8-7-15-26(27)25-20-29-33-31(21-25)42-30-17-9-14-22-18-19-28(41-29)34(33)32(22)30/h1-21H. The van der Waals surface area contributed by atoms with Crippen molar-refractivity contribution in [3.63, 3.8) is 0 Å². The molecule has 0 atom stereocenters. The van der Waals surface area contributed by atoms with Gasteiger partial charge < -0.3 is 4.42 Å². The van der Waals surface area contributed by atoms with E-state index in [4.69, 9.17) is 19.4 Å². The Kier molecular flexibility index (Phi) is 5.10. The third-order valence-electron chi connectivity index (χ3n) is 7.90. The van der Waals surface area contributed by atoms with E-state index in [1.165, 1.54) is 31.3 Å². The number of benzene rings is 6. The molecule has 0 saturated carbocycles. The molecule has 9 rings (SSSR count). The summed E-state index contributed by atoms with van der Waals surface area (Å²) in [5.74, 6) is 1.93. The topological polar surface area (TPSA) is 51.8 Å². The Balaban J connectivity index is 1.27. The molecule has 0 radical (unpaired) electrons. The SMILES string of the molecule is c1ccc(-c2nc(-c3ccccc3)nc(-c3ccccc3-c3cc4c5c(c3)oc3ccc6cccc(c6c35)S4)n2)cc1. The zero-order chi connectivity index (χ0) is 27.6. The van der Waals surface area contributed by atoms with Gasteiger partial charge in [0.15, 0.2) is 17.5 Å². The molecular weight excluding hydrogens is 534 g/mol. The zero-order valence-corrected chi connectivity index (χ0v) is 23.1. The van der Waals surface area contributed by atoms with Crippen LogP contribution in [0.15, 0.2) is 142 Å². The normalized spacial score (nSPS) is 12.2. The number of rotatable bonds is 4. The molecule has 0 fully saturated rings. The fourth-order valence-electron chi connectivity index (χ4n) is 5.99. The predicted molar refractivity (Wildman–Crippen MR) is 170 cm³/mol. The summed E-state index contributed by atoms with van der Waals surface area (Å²) in [4.78, 5) is 17.4. The fourth-order valence-corrected chi connectivity index (χ4v) is 7.19. The van der Waals surface area contributed by atoms with E-state index in [-0.39, 0.29) is 0 Å². The quantitative estimate of drug-likeness (QED) is 0.216. The Bertz CT molecular complexity index is 2270. The lowest BCUT2D eigenvalue weighted by molar-refractivity contribution is 0.669. The summed E-state index contributed by atoms with van der Waals surface area (Å²) >= 11 is 1.81. The van der Waals surface area contributed by atoms with Crippen LogP contribution in [0.1, 0.15) is 0 Å². The lowest BCUT2D eigenvalue weighted by Crippen LogP contribution is -2.01. The molecule has 1 aliphatic rings. The van der Waals surface area contributed by atoms with Crippen molar-refractivity contribution in [2.24, 2.45) is 0 Å². The summed E-state index contributed by atoms with van der Waals surface area (Å²) in [6, 6.07) is 43.7. The largest absolute Gasteiger partial charge is 0.456 e. The number of furan rings is 1. The van der Waals surface area contributed by atoms with Crippen molar-refractivity contribution in [3.8, 4) is 45.3 Å². The van der Waals surface area contributed by atoms with Crippen LogP contribution in [0.4, 0.5) is 0 Å². The van der Waals surface area contributed by atoms with E-state index in [0.717, 1.165) is 39.0 Å². The van der Waals surface area contributed by atoms with Gasteiger partial charge in [-0.2, -0.15) is 0 Å². The van der Waals surface area contributed by atoms with Gasteiger partial charge in [-0.3, -0.25) is 0 Å². The molecule has 0 unspecified atom stereocenters. The van der Waals surface area contributed by atoms with Gasteiger partial charge in [0.1, 0.15) is 11.2 Å². The third-order valence-corrected chi connectivity index (χ3v) is 9.01. The first-order valence-corrected chi connectivity index (χ1v) is 14.7. The van der Waals surface area contributed by atoms with Gasteiger partial charge in [0, 0.05) is 42.6 Å². The number of aromatic nitrogens is 3. The minimum atomic E-state index is 0.636. The highest BCUT2D eigenvalue weighted by Gasteiger charge is 2.24. The van der Waals surface area contributed by atoms with E-state index in [1.807, 2.05) is 78.5 Å². The van der Waals surface area contributed by atoms with Gasteiger partial charge in [-0.1, -0.05) is 115 Å². The van der Waals surface area contributed by atoms with Crippen LogP contribution in [0, 0.1) is 0 Å². The molecule has 1 aliphatic heterocycles. The first-order valence-electron chi connectivity index (χ1n) is 13.9. The van der Waals surface area contributed by atoms with Crippen molar-refractivity contribution in [1.29, 1.82) is 0 Å². The van der Waals surface area contributed by atoms with Crippen molar-refractivity contribution in [2.45, 2.75) is 9.79 Å². The number of hydrogen-bond acceptors (Lipinski definition) is 5. The molecule has 6 aromatic carbocycles. The summed E-state index contributed by atoms with van der Waals surface area (Å²) in [5.41, 5.74) is 6.78. The molecule has 42 heavy (non-hydrogen) atoms. The highest BCUT2D eigenvalue weighted by molar-refractivity contribution is 8.00. The van der Waals surface area contributed by atoms with Gasteiger partial charge in [-0.05, 0) is 40.8 Å². The van der Waals surface area contributed by atoms with Gasteiger partial charge >= 0.3 is 0 Å². The molecule has 0 bridgehead atoms. The molecular formula is C37H21N3OS. The summed E-state index contributed by atoms with van der Waals surface area (Å²) in [5, 5.41) is 4.93. The Morgan fingerprint density at radius 3 is 1.83 bits per heavy atom. The molecule has 0 spiro atoms. The van der Waals surface area contributed by atoms with E-state index in [0.29, 0.717) is 17.5 Å². The molecule has 8 aromatic rings. The highest BCUT2D eigenvalue weighted by Crippen LogP contribution is 2.51. The van der Waals surface area contributed by atoms with Crippen LogP contribution in [-0.2, 0) is 0 Å². The Hall–Kier alpha value is -5.26. The van der Waals surface area contributed by atoms with Gasteiger partial charge in [0.05, 0.1) is 0 Å². The highest BCUT2D eigenvalue weighted by atomic mass is 32.2. The van der Waals surface area contributed by atoms with Crippen molar-refractivity contribution in [1.82, 2.24) is 15.0 Å². The van der Waals surface area contributed by atoms with Crippen LogP contribution in [0.3, 0.4) is 0 Å². The lowest BCUT2D eigenvalue weighted by atomic mass is 9.97. The lowest BCUT2D eigenvalue weighted by Gasteiger charge is -2.16. The first-order chi connectivity index (χ1) is 20.8. The van der Waals surface area contributed by atoms with E-state index < -0.39 is 0 Å². The molecule has 2 aromatic heterocycles. The molecule has 0 N–H and O–H groups in total. The summed E-state index contributed by atoms with van der Waals surface area (Å²) in [6.45, 7) is 0. The van der Waals surface area contributed by atoms with E-state index in [9.17, 15) is 0 Å². The average molecular weight is 556 g/mol.